The zero-order chi connectivity index (χ0) is 10.1. The van der Waals surface area contributed by atoms with E-state index in [0.29, 0.717) is 0 Å². The molecule has 1 aliphatic rings. The normalized spacial score (nSPS) is 28.8. The van der Waals surface area contributed by atoms with E-state index >= 15 is 0 Å². The Balaban J connectivity index is 2.91. The minimum atomic E-state index is -0.292. The molecule has 0 saturated carbocycles. The number of aliphatic hydroxyl groups is 1. The van der Waals surface area contributed by atoms with Crippen LogP contribution in [-0.2, 0) is 0 Å². The molecule has 1 nitrogen and oxygen atoms in total. The van der Waals surface area contributed by atoms with Crippen LogP contribution in [0.25, 0.3) is 0 Å². The second-order valence-electron chi connectivity index (χ2n) is 4.55. The second kappa shape index (κ2) is 3.67. The van der Waals surface area contributed by atoms with Crippen molar-refractivity contribution in [1.82, 2.24) is 0 Å². The minimum Gasteiger partial charge on any atom is -0.388 e. The Morgan fingerprint density at radius 3 is 2.62 bits per heavy atom. The van der Waals surface area contributed by atoms with Gasteiger partial charge in [0.2, 0.25) is 0 Å². The maximum Gasteiger partial charge on any atom is 0.0818 e. The van der Waals surface area contributed by atoms with Crippen LogP contribution >= 0.6 is 0 Å². The Bertz CT molecular complexity index is 236. The summed E-state index contributed by atoms with van der Waals surface area (Å²) in [6.45, 7) is 8.60. The highest BCUT2D eigenvalue weighted by molar-refractivity contribution is 5.28. The molecule has 0 amide bonds. The average Bonchev–Trinajstić information content (AvgIpc) is 2.09. The van der Waals surface area contributed by atoms with Crippen LogP contribution in [0, 0.1) is 11.3 Å². The summed E-state index contributed by atoms with van der Waals surface area (Å²) in [6.07, 6.45) is 6.95. The highest BCUT2D eigenvalue weighted by Gasteiger charge is 2.29. The van der Waals surface area contributed by atoms with Gasteiger partial charge in [-0.3, -0.25) is 0 Å². The van der Waals surface area contributed by atoms with Crippen molar-refractivity contribution in [2.24, 2.45) is 11.3 Å². The molecule has 2 unspecified atom stereocenters. The summed E-state index contributed by atoms with van der Waals surface area (Å²) in [5.74, 6) is 0.255. The lowest BCUT2D eigenvalue weighted by Crippen LogP contribution is -2.30. The van der Waals surface area contributed by atoms with E-state index in [1.165, 1.54) is 5.57 Å². The monoisotopic (exact) mass is 180 g/mol. The molecular weight excluding hydrogens is 160 g/mol. The molecule has 0 radical (unpaired) electrons. The minimum absolute atomic E-state index is 0.123. The molecule has 2 atom stereocenters. The Morgan fingerprint density at radius 1 is 1.46 bits per heavy atom. The van der Waals surface area contributed by atoms with E-state index in [2.05, 4.69) is 45.9 Å². The topological polar surface area (TPSA) is 20.2 Å². The smallest absolute Gasteiger partial charge is 0.0818 e. The zero-order valence-electron chi connectivity index (χ0n) is 9.04. The first-order valence-corrected chi connectivity index (χ1v) is 5.06. The number of hydrogen-bond acceptors (Lipinski definition) is 1. The van der Waals surface area contributed by atoms with E-state index in [9.17, 15) is 5.11 Å². The SMILES string of the molecule is CCC(C)(C)C1=CC=CC(C)C1O. The molecule has 1 rings (SSSR count). The van der Waals surface area contributed by atoms with Crippen molar-refractivity contribution in [3.63, 3.8) is 0 Å². The summed E-state index contributed by atoms with van der Waals surface area (Å²) in [4.78, 5) is 0. The molecule has 0 aromatic heterocycles. The van der Waals surface area contributed by atoms with Crippen molar-refractivity contribution in [2.75, 3.05) is 0 Å². The highest BCUT2D eigenvalue weighted by Crippen LogP contribution is 2.36. The number of hydrogen-bond donors (Lipinski definition) is 1. The van der Waals surface area contributed by atoms with Crippen LogP contribution in [0.2, 0.25) is 0 Å². The summed E-state index contributed by atoms with van der Waals surface area (Å²) < 4.78 is 0. The van der Waals surface area contributed by atoms with Crippen molar-refractivity contribution in [3.05, 3.63) is 23.8 Å². The van der Waals surface area contributed by atoms with Gasteiger partial charge in [-0.2, -0.15) is 0 Å². The van der Waals surface area contributed by atoms with Crippen LogP contribution in [0.3, 0.4) is 0 Å². The Hall–Kier alpha value is -0.560. The Labute approximate surface area is 81.2 Å². The highest BCUT2D eigenvalue weighted by atomic mass is 16.3. The molecule has 0 saturated heterocycles. The van der Waals surface area contributed by atoms with Gasteiger partial charge in [-0.15, -0.1) is 0 Å². The van der Waals surface area contributed by atoms with Crippen LogP contribution in [0.15, 0.2) is 23.8 Å². The van der Waals surface area contributed by atoms with Gasteiger partial charge in [0.1, 0.15) is 0 Å². The quantitative estimate of drug-likeness (QED) is 0.692. The summed E-state index contributed by atoms with van der Waals surface area (Å²) in [7, 11) is 0. The van der Waals surface area contributed by atoms with Crippen LogP contribution in [0.1, 0.15) is 34.1 Å². The Morgan fingerprint density at radius 2 is 2.08 bits per heavy atom. The number of aliphatic hydroxyl groups excluding tert-OH is 1. The van der Waals surface area contributed by atoms with E-state index < -0.39 is 0 Å². The fourth-order valence-corrected chi connectivity index (χ4v) is 1.65. The van der Waals surface area contributed by atoms with Crippen molar-refractivity contribution < 1.29 is 5.11 Å². The number of allylic oxidation sites excluding steroid dienone is 2. The molecule has 0 aromatic carbocycles. The average molecular weight is 180 g/mol. The van der Waals surface area contributed by atoms with Gasteiger partial charge in [0.25, 0.3) is 0 Å². The molecular formula is C12H20O. The van der Waals surface area contributed by atoms with Gasteiger partial charge >= 0.3 is 0 Å². The van der Waals surface area contributed by atoms with E-state index in [-0.39, 0.29) is 17.4 Å². The molecule has 74 valence electrons. The lowest BCUT2D eigenvalue weighted by Gasteiger charge is -2.33. The van der Waals surface area contributed by atoms with Crippen molar-refractivity contribution >= 4 is 0 Å². The summed E-state index contributed by atoms with van der Waals surface area (Å²) in [5, 5.41) is 9.98. The van der Waals surface area contributed by atoms with Crippen molar-refractivity contribution in [3.8, 4) is 0 Å². The number of rotatable bonds is 2. The van der Waals surface area contributed by atoms with Crippen LogP contribution in [0.5, 0.6) is 0 Å². The fraction of sp³-hybridized carbons (Fsp3) is 0.667. The molecule has 0 aliphatic heterocycles. The molecule has 13 heavy (non-hydrogen) atoms. The predicted molar refractivity (Wildman–Crippen MR) is 56.5 cm³/mol. The van der Waals surface area contributed by atoms with Gasteiger partial charge in [0, 0.05) is 5.92 Å². The van der Waals surface area contributed by atoms with E-state index in [0.717, 1.165) is 6.42 Å². The van der Waals surface area contributed by atoms with Gasteiger partial charge in [-0.1, -0.05) is 45.9 Å². The first-order valence-electron chi connectivity index (χ1n) is 5.06. The summed E-state index contributed by atoms with van der Waals surface area (Å²) in [6, 6.07) is 0. The molecule has 0 heterocycles. The third kappa shape index (κ3) is 2.02. The standard InChI is InChI=1S/C12H20O/c1-5-12(3,4)10-8-6-7-9(2)11(10)13/h6-9,11,13H,5H2,1-4H3. The molecule has 0 spiro atoms. The van der Waals surface area contributed by atoms with E-state index in [1.54, 1.807) is 0 Å². The molecule has 0 fully saturated rings. The maximum absolute atomic E-state index is 9.98. The molecule has 1 heteroatoms. The van der Waals surface area contributed by atoms with Gasteiger partial charge in [0.05, 0.1) is 6.10 Å². The predicted octanol–water partition coefficient (Wildman–Crippen LogP) is 2.92. The largest absolute Gasteiger partial charge is 0.388 e. The molecule has 0 bridgehead atoms. The van der Waals surface area contributed by atoms with Crippen molar-refractivity contribution in [1.29, 1.82) is 0 Å². The lowest BCUT2D eigenvalue weighted by molar-refractivity contribution is 0.143. The van der Waals surface area contributed by atoms with Gasteiger partial charge < -0.3 is 5.11 Å². The zero-order valence-corrected chi connectivity index (χ0v) is 9.04. The van der Waals surface area contributed by atoms with Gasteiger partial charge in [-0.25, -0.2) is 0 Å². The Kier molecular flexibility index (Phi) is 2.97. The van der Waals surface area contributed by atoms with Crippen LogP contribution in [0.4, 0.5) is 0 Å². The van der Waals surface area contributed by atoms with Crippen LogP contribution < -0.4 is 0 Å². The van der Waals surface area contributed by atoms with Gasteiger partial charge in [-0.05, 0) is 17.4 Å². The maximum atomic E-state index is 9.98. The van der Waals surface area contributed by atoms with Crippen molar-refractivity contribution in [2.45, 2.75) is 40.2 Å². The lowest BCUT2D eigenvalue weighted by atomic mass is 9.74. The molecule has 1 N–H and O–H groups in total. The fourth-order valence-electron chi connectivity index (χ4n) is 1.65. The van der Waals surface area contributed by atoms with Gasteiger partial charge in [0.15, 0.2) is 0 Å². The van der Waals surface area contributed by atoms with Crippen LogP contribution in [-0.4, -0.2) is 11.2 Å². The summed E-state index contributed by atoms with van der Waals surface area (Å²) in [5.41, 5.74) is 1.29. The van der Waals surface area contributed by atoms with E-state index in [4.69, 9.17) is 0 Å². The first kappa shape index (κ1) is 10.5. The molecule has 0 aromatic rings. The third-order valence-corrected chi connectivity index (χ3v) is 3.17. The summed E-state index contributed by atoms with van der Waals surface area (Å²) >= 11 is 0. The molecule has 1 aliphatic carbocycles. The van der Waals surface area contributed by atoms with E-state index in [1.807, 2.05) is 0 Å². The first-order chi connectivity index (χ1) is 5.99. The second-order valence-corrected chi connectivity index (χ2v) is 4.55. The third-order valence-electron chi connectivity index (χ3n) is 3.17.